The van der Waals surface area contributed by atoms with E-state index in [2.05, 4.69) is 10.3 Å². The van der Waals surface area contributed by atoms with Crippen molar-refractivity contribution in [1.82, 2.24) is 14.9 Å². The van der Waals surface area contributed by atoms with Crippen LogP contribution in [0.5, 0.6) is 0 Å². The maximum Gasteiger partial charge on any atom is 0.319 e. The van der Waals surface area contributed by atoms with Gasteiger partial charge in [0.2, 0.25) is 0 Å². The van der Waals surface area contributed by atoms with Crippen molar-refractivity contribution in [3.05, 3.63) is 42.4 Å². The van der Waals surface area contributed by atoms with Crippen LogP contribution in [-0.2, 0) is 13.1 Å². The van der Waals surface area contributed by atoms with Gasteiger partial charge in [-0.05, 0) is 6.07 Å². The maximum atomic E-state index is 12.4. The smallest absolute Gasteiger partial charge is 0.319 e. The van der Waals surface area contributed by atoms with E-state index in [-0.39, 0.29) is 0 Å². The summed E-state index contributed by atoms with van der Waals surface area (Å²) >= 11 is 0. The molecule has 0 aromatic carbocycles. The van der Waals surface area contributed by atoms with E-state index in [1.54, 1.807) is 12.5 Å². The zero-order valence-corrected chi connectivity index (χ0v) is 8.44. The van der Waals surface area contributed by atoms with Crippen LogP contribution in [0.4, 0.5) is 8.78 Å². The standard InChI is InChI=1S/C10H11F2N3O/c11-10(12)15-3-2-14-9(15)6-13-5-8-1-4-16-7-8/h1-4,7,10,13H,5-6H2. The molecule has 86 valence electrons. The molecule has 2 heterocycles. The average Bonchev–Trinajstić information content (AvgIpc) is 2.87. The molecule has 1 N–H and O–H groups in total. The lowest BCUT2D eigenvalue weighted by molar-refractivity contribution is 0.0666. The van der Waals surface area contributed by atoms with Crippen LogP contribution in [0.3, 0.4) is 0 Å². The van der Waals surface area contributed by atoms with Crippen LogP contribution in [0.1, 0.15) is 17.9 Å². The van der Waals surface area contributed by atoms with E-state index >= 15 is 0 Å². The normalized spacial score (nSPS) is 11.2. The number of imidazole rings is 1. The third-order valence-corrected chi connectivity index (χ3v) is 2.15. The first-order chi connectivity index (χ1) is 7.77. The van der Waals surface area contributed by atoms with Crippen LogP contribution in [0, 0.1) is 0 Å². The highest BCUT2D eigenvalue weighted by atomic mass is 19.3. The van der Waals surface area contributed by atoms with Crippen molar-refractivity contribution in [1.29, 1.82) is 0 Å². The minimum atomic E-state index is -2.55. The first-order valence-corrected chi connectivity index (χ1v) is 4.79. The van der Waals surface area contributed by atoms with Crippen molar-refractivity contribution in [3.63, 3.8) is 0 Å². The average molecular weight is 227 g/mol. The van der Waals surface area contributed by atoms with E-state index in [1.807, 2.05) is 6.07 Å². The number of alkyl halides is 2. The molecule has 0 bridgehead atoms. The Hall–Kier alpha value is -1.69. The van der Waals surface area contributed by atoms with Gasteiger partial charge < -0.3 is 9.73 Å². The molecule has 6 heteroatoms. The van der Waals surface area contributed by atoms with Crippen molar-refractivity contribution >= 4 is 0 Å². The van der Waals surface area contributed by atoms with Crippen LogP contribution in [-0.4, -0.2) is 9.55 Å². The van der Waals surface area contributed by atoms with E-state index < -0.39 is 6.55 Å². The molecule has 0 aliphatic heterocycles. The fraction of sp³-hybridized carbons (Fsp3) is 0.300. The molecule has 0 aliphatic carbocycles. The molecule has 16 heavy (non-hydrogen) atoms. The Morgan fingerprint density at radius 2 is 2.31 bits per heavy atom. The quantitative estimate of drug-likeness (QED) is 0.851. The van der Waals surface area contributed by atoms with Crippen LogP contribution >= 0.6 is 0 Å². The molecule has 0 saturated heterocycles. The minimum absolute atomic E-state index is 0.294. The van der Waals surface area contributed by atoms with Crippen LogP contribution in [0.25, 0.3) is 0 Å². The van der Waals surface area contributed by atoms with Crippen LogP contribution < -0.4 is 5.32 Å². The predicted molar refractivity (Wildman–Crippen MR) is 52.7 cm³/mol. The van der Waals surface area contributed by atoms with Crippen LogP contribution in [0.15, 0.2) is 35.4 Å². The Balaban J connectivity index is 1.87. The Bertz CT molecular complexity index is 425. The second-order valence-electron chi connectivity index (χ2n) is 3.26. The number of rotatable bonds is 5. The molecule has 0 amide bonds. The molecule has 2 aromatic rings. The largest absolute Gasteiger partial charge is 0.472 e. The van der Waals surface area contributed by atoms with Gasteiger partial charge in [0.1, 0.15) is 5.82 Å². The molecule has 0 fully saturated rings. The zero-order chi connectivity index (χ0) is 11.4. The number of hydrogen-bond donors (Lipinski definition) is 1. The van der Waals surface area contributed by atoms with E-state index in [0.29, 0.717) is 18.9 Å². The number of halogens is 2. The van der Waals surface area contributed by atoms with Crippen molar-refractivity contribution in [2.24, 2.45) is 0 Å². The van der Waals surface area contributed by atoms with Gasteiger partial charge in [0.25, 0.3) is 0 Å². The Morgan fingerprint density at radius 1 is 1.44 bits per heavy atom. The number of aromatic nitrogens is 2. The summed E-state index contributed by atoms with van der Waals surface area (Å²) in [4.78, 5) is 3.85. The van der Waals surface area contributed by atoms with Crippen LogP contribution in [0.2, 0.25) is 0 Å². The summed E-state index contributed by atoms with van der Waals surface area (Å²) in [5.74, 6) is 0.318. The summed E-state index contributed by atoms with van der Waals surface area (Å²) in [6, 6.07) is 1.81. The number of hydrogen-bond acceptors (Lipinski definition) is 3. The van der Waals surface area contributed by atoms with Crippen molar-refractivity contribution in [3.8, 4) is 0 Å². The predicted octanol–water partition coefficient (Wildman–Crippen LogP) is 2.16. The minimum Gasteiger partial charge on any atom is -0.472 e. The number of furan rings is 1. The van der Waals surface area contributed by atoms with Gasteiger partial charge in [0, 0.05) is 24.5 Å². The van der Waals surface area contributed by atoms with Gasteiger partial charge in [-0.25, -0.2) is 4.98 Å². The summed E-state index contributed by atoms with van der Waals surface area (Å²) in [7, 11) is 0. The third kappa shape index (κ3) is 2.46. The molecule has 4 nitrogen and oxygen atoms in total. The molecule has 0 saturated carbocycles. The lowest BCUT2D eigenvalue weighted by Crippen LogP contribution is -2.16. The lowest BCUT2D eigenvalue weighted by Gasteiger charge is -2.06. The van der Waals surface area contributed by atoms with Gasteiger partial charge in [0.15, 0.2) is 0 Å². The molecule has 2 rings (SSSR count). The summed E-state index contributed by atoms with van der Waals surface area (Å²) in [5, 5.41) is 3.01. The highest BCUT2D eigenvalue weighted by Crippen LogP contribution is 2.12. The van der Waals surface area contributed by atoms with Crippen molar-refractivity contribution < 1.29 is 13.2 Å². The second-order valence-corrected chi connectivity index (χ2v) is 3.26. The third-order valence-electron chi connectivity index (χ3n) is 2.15. The first kappa shape index (κ1) is 10.8. The Kier molecular flexibility index (Phi) is 3.31. The SMILES string of the molecule is FC(F)n1ccnc1CNCc1ccoc1. The number of nitrogens with zero attached hydrogens (tertiary/aromatic N) is 2. The monoisotopic (exact) mass is 227 g/mol. The molecule has 0 aliphatic rings. The molecule has 0 spiro atoms. The van der Waals surface area contributed by atoms with Crippen molar-refractivity contribution in [2.75, 3.05) is 0 Å². The molecule has 2 aromatic heterocycles. The van der Waals surface area contributed by atoms with Gasteiger partial charge in [0.05, 0.1) is 19.1 Å². The van der Waals surface area contributed by atoms with E-state index in [4.69, 9.17) is 4.42 Å². The maximum absolute atomic E-state index is 12.4. The fourth-order valence-corrected chi connectivity index (χ4v) is 1.37. The summed E-state index contributed by atoms with van der Waals surface area (Å²) in [6.07, 6.45) is 5.80. The van der Waals surface area contributed by atoms with Gasteiger partial charge in [-0.1, -0.05) is 0 Å². The second kappa shape index (κ2) is 4.89. The van der Waals surface area contributed by atoms with E-state index in [9.17, 15) is 8.78 Å². The number of nitrogens with one attached hydrogen (secondary N) is 1. The van der Waals surface area contributed by atoms with Gasteiger partial charge in [-0.15, -0.1) is 0 Å². The zero-order valence-electron chi connectivity index (χ0n) is 8.44. The van der Waals surface area contributed by atoms with Crippen molar-refractivity contribution in [2.45, 2.75) is 19.6 Å². The molecule has 0 radical (unpaired) electrons. The summed E-state index contributed by atoms with van der Waals surface area (Å²) in [6.45, 7) is -1.69. The van der Waals surface area contributed by atoms with Gasteiger partial charge >= 0.3 is 6.55 Å². The molecular formula is C10H11F2N3O. The highest BCUT2D eigenvalue weighted by molar-refractivity contribution is 5.04. The van der Waals surface area contributed by atoms with Gasteiger partial charge in [-0.2, -0.15) is 8.78 Å². The first-order valence-electron chi connectivity index (χ1n) is 4.79. The topological polar surface area (TPSA) is 43.0 Å². The van der Waals surface area contributed by atoms with E-state index in [0.717, 1.165) is 10.1 Å². The molecule has 0 atom stereocenters. The summed E-state index contributed by atoms with van der Waals surface area (Å²) < 4.78 is 30.6. The molecule has 0 unspecified atom stereocenters. The van der Waals surface area contributed by atoms with Gasteiger partial charge in [-0.3, -0.25) is 4.57 Å². The molecular weight excluding hydrogens is 216 g/mol. The highest BCUT2D eigenvalue weighted by Gasteiger charge is 2.10. The van der Waals surface area contributed by atoms with E-state index in [1.165, 1.54) is 12.4 Å². The Morgan fingerprint density at radius 3 is 3.00 bits per heavy atom. The Labute approximate surface area is 90.9 Å². The lowest BCUT2D eigenvalue weighted by atomic mass is 10.3. The fourth-order valence-electron chi connectivity index (χ4n) is 1.37. The summed E-state index contributed by atoms with van der Waals surface area (Å²) in [5.41, 5.74) is 0.968.